The first kappa shape index (κ1) is 6.72. The molecule has 0 N–H and O–H groups in total. The average molecular weight is 130 g/mol. The molecule has 0 spiro atoms. The Balaban J connectivity index is 2.33. The summed E-state index contributed by atoms with van der Waals surface area (Å²) in [5.74, 6) is -0.0304. The fraction of sp³-hybridized carbons (Fsp3) is 0.857. The molecule has 0 aromatic heterocycles. The van der Waals surface area contributed by atoms with Crippen molar-refractivity contribution in [2.45, 2.75) is 38.3 Å². The quantitative estimate of drug-likeness (QED) is 0.557. The van der Waals surface area contributed by atoms with Gasteiger partial charge in [-0.05, 0) is 26.2 Å². The summed E-state index contributed by atoms with van der Waals surface area (Å²) in [5.41, 5.74) is -1.11. The summed E-state index contributed by atoms with van der Waals surface area (Å²) < 4.78 is 12.9. The van der Waals surface area contributed by atoms with Gasteiger partial charge in [0.2, 0.25) is 0 Å². The number of Topliss-reactive ketones (excluding diaryl/α,β-unsaturated/α-hetero) is 1. The normalized spacial score (nSPS) is 22.9. The molecule has 1 fully saturated rings. The Morgan fingerprint density at radius 1 is 1.67 bits per heavy atom. The zero-order valence-electron chi connectivity index (χ0n) is 5.61. The molecule has 0 aliphatic heterocycles. The third-order valence-corrected chi connectivity index (χ3v) is 1.82. The molecule has 1 aliphatic carbocycles. The number of ketones is 1. The Hall–Kier alpha value is -0.400. The van der Waals surface area contributed by atoms with Crippen LogP contribution in [0, 0.1) is 0 Å². The van der Waals surface area contributed by atoms with Gasteiger partial charge < -0.3 is 0 Å². The second-order valence-corrected chi connectivity index (χ2v) is 2.88. The van der Waals surface area contributed by atoms with Gasteiger partial charge in [-0.2, -0.15) is 0 Å². The first-order valence-electron chi connectivity index (χ1n) is 3.31. The number of alkyl halides is 1. The lowest BCUT2D eigenvalue weighted by molar-refractivity contribution is -0.121. The van der Waals surface area contributed by atoms with Crippen molar-refractivity contribution in [2.24, 2.45) is 0 Å². The SMILES string of the molecule is CC(=O)CC1(F)CCC1. The number of halogens is 1. The number of rotatable bonds is 2. The molecule has 2 heteroatoms. The van der Waals surface area contributed by atoms with E-state index in [2.05, 4.69) is 0 Å². The van der Waals surface area contributed by atoms with Gasteiger partial charge in [-0.3, -0.25) is 4.79 Å². The van der Waals surface area contributed by atoms with Gasteiger partial charge in [0.05, 0.1) is 0 Å². The van der Waals surface area contributed by atoms with Crippen LogP contribution in [0.4, 0.5) is 4.39 Å². The van der Waals surface area contributed by atoms with Crippen molar-refractivity contribution in [3.8, 4) is 0 Å². The zero-order valence-corrected chi connectivity index (χ0v) is 5.61. The van der Waals surface area contributed by atoms with E-state index in [-0.39, 0.29) is 12.2 Å². The smallest absolute Gasteiger partial charge is 0.133 e. The average Bonchev–Trinajstić information content (AvgIpc) is 1.60. The highest BCUT2D eigenvalue weighted by Crippen LogP contribution is 2.38. The maximum absolute atomic E-state index is 12.9. The van der Waals surface area contributed by atoms with E-state index in [1.54, 1.807) is 0 Å². The molecule has 9 heavy (non-hydrogen) atoms. The number of hydrogen-bond donors (Lipinski definition) is 0. The maximum atomic E-state index is 12.9. The molecular weight excluding hydrogens is 119 g/mol. The Morgan fingerprint density at radius 3 is 2.33 bits per heavy atom. The van der Waals surface area contributed by atoms with Crippen LogP contribution in [0.2, 0.25) is 0 Å². The van der Waals surface area contributed by atoms with E-state index >= 15 is 0 Å². The standard InChI is InChI=1S/C7H11FO/c1-6(9)5-7(8)3-2-4-7/h2-5H2,1H3. The molecule has 52 valence electrons. The van der Waals surface area contributed by atoms with Crippen LogP contribution in [0.15, 0.2) is 0 Å². The highest BCUT2D eigenvalue weighted by Gasteiger charge is 2.37. The van der Waals surface area contributed by atoms with Crippen molar-refractivity contribution < 1.29 is 9.18 Å². The fourth-order valence-electron chi connectivity index (χ4n) is 1.18. The Bertz CT molecular complexity index is 127. The molecule has 0 radical (unpaired) electrons. The summed E-state index contributed by atoms with van der Waals surface area (Å²) in [4.78, 5) is 10.4. The molecule has 1 aliphatic rings. The second kappa shape index (κ2) is 2.09. The first-order valence-corrected chi connectivity index (χ1v) is 3.31. The molecule has 0 atom stereocenters. The van der Waals surface area contributed by atoms with Crippen LogP contribution in [0.3, 0.4) is 0 Å². The first-order chi connectivity index (χ1) is 4.12. The lowest BCUT2D eigenvalue weighted by Gasteiger charge is -2.32. The van der Waals surface area contributed by atoms with Gasteiger partial charge >= 0.3 is 0 Å². The summed E-state index contributed by atoms with van der Waals surface area (Å²) in [6, 6.07) is 0. The predicted octanol–water partition coefficient (Wildman–Crippen LogP) is 1.86. The van der Waals surface area contributed by atoms with E-state index in [1.807, 2.05) is 0 Å². The lowest BCUT2D eigenvalue weighted by atomic mass is 9.79. The maximum Gasteiger partial charge on any atom is 0.133 e. The van der Waals surface area contributed by atoms with Crippen LogP contribution in [-0.2, 0) is 4.79 Å². The van der Waals surface area contributed by atoms with Crippen molar-refractivity contribution >= 4 is 5.78 Å². The van der Waals surface area contributed by atoms with Crippen LogP contribution >= 0.6 is 0 Å². The van der Waals surface area contributed by atoms with Crippen LogP contribution in [0.25, 0.3) is 0 Å². The van der Waals surface area contributed by atoms with Gasteiger partial charge in [-0.25, -0.2) is 4.39 Å². The molecule has 1 saturated carbocycles. The number of carbonyl (C=O) groups is 1. The molecule has 0 bridgehead atoms. The summed E-state index contributed by atoms with van der Waals surface area (Å²) in [7, 11) is 0. The molecule has 0 amide bonds. The van der Waals surface area contributed by atoms with Gasteiger partial charge in [0.1, 0.15) is 11.5 Å². The van der Waals surface area contributed by atoms with Crippen LogP contribution in [-0.4, -0.2) is 11.5 Å². The third-order valence-electron chi connectivity index (χ3n) is 1.82. The lowest BCUT2D eigenvalue weighted by Crippen LogP contribution is -2.33. The number of hydrogen-bond acceptors (Lipinski definition) is 1. The largest absolute Gasteiger partial charge is 0.300 e. The third kappa shape index (κ3) is 1.50. The van der Waals surface area contributed by atoms with Gasteiger partial charge in [0.15, 0.2) is 0 Å². The molecular formula is C7H11FO. The summed E-state index contributed by atoms with van der Waals surface area (Å²) in [6.07, 6.45) is 2.26. The second-order valence-electron chi connectivity index (χ2n) is 2.88. The molecule has 0 aromatic rings. The zero-order chi connectivity index (χ0) is 6.91. The van der Waals surface area contributed by atoms with Crippen LogP contribution < -0.4 is 0 Å². The summed E-state index contributed by atoms with van der Waals surface area (Å²) in [6.45, 7) is 1.44. The Morgan fingerprint density at radius 2 is 2.22 bits per heavy atom. The predicted molar refractivity (Wildman–Crippen MR) is 33.0 cm³/mol. The topological polar surface area (TPSA) is 17.1 Å². The minimum absolute atomic E-state index is 0.0304. The highest BCUT2D eigenvalue weighted by atomic mass is 19.1. The van der Waals surface area contributed by atoms with E-state index in [4.69, 9.17) is 0 Å². The summed E-state index contributed by atoms with van der Waals surface area (Å²) in [5, 5.41) is 0. The van der Waals surface area contributed by atoms with Crippen molar-refractivity contribution in [2.75, 3.05) is 0 Å². The Labute approximate surface area is 54.3 Å². The summed E-state index contributed by atoms with van der Waals surface area (Å²) >= 11 is 0. The Kier molecular flexibility index (Phi) is 1.56. The highest BCUT2D eigenvalue weighted by molar-refractivity contribution is 5.76. The van der Waals surface area contributed by atoms with E-state index in [9.17, 15) is 9.18 Å². The van der Waals surface area contributed by atoms with Crippen molar-refractivity contribution in [1.82, 2.24) is 0 Å². The minimum atomic E-state index is -1.11. The molecule has 0 unspecified atom stereocenters. The van der Waals surface area contributed by atoms with E-state index < -0.39 is 5.67 Å². The van der Waals surface area contributed by atoms with Gasteiger partial charge in [-0.1, -0.05) is 0 Å². The monoisotopic (exact) mass is 130 g/mol. The minimum Gasteiger partial charge on any atom is -0.300 e. The van der Waals surface area contributed by atoms with Gasteiger partial charge in [0, 0.05) is 6.42 Å². The van der Waals surface area contributed by atoms with Crippen LogP contribution in [0.1, 0.15) is 32.6 Å². The molecule has 0 aromatic carbocycles. The molecule has 0 heterocycles. The van der Waals surface area contributed by atoms with Gasteiger partial charge in [-0.15, -0.1) is 0 Å². The molecule has 1 nitrogen and oxygen atoms in total. The van der Waals surface area contributed by atoms with Crippen molar-refractivity contribution in [1.29, 1.82) is 0 Å². The van der Waals surface area contributed by atoms with Crippen molar-refractivity contribution in [3.05, 3.63) is 0 Å². The molecule has 1 rings (SSSR count). The van der Waals surface area contributed by atoms with E-state index in [0.29, 0.717) is 12.8 Å². The molecule has 0 saturated heterocycles. The van der Waals surface area contributed by atoms with Crippen LogP contribution in [0.5, 0.6) is 0 Å². The van der Waals surface area contributed by atoms with Gasteiger partial charge in [0.25, 0.3) is 0 Å². The van der Waals surface area contributed by atoms with E-state index in [1.165, 1.54) is 6.92 Å². The number of carbonyl (C=O) groups excluding carboxylic acids is 1. The van der Waals surface area contributed by atoms with E-state index in [0.717, 1.165) is 6.42 Å². The van der Waals surface area contributed by atoms with Crippen molar-refractivity contribution in [3.63, 3.8) is 0 Å². The fourth-order valence-corrected chi connectivity index (χ4v) is 1.18.